The minimum Gasteiger partial charge on any atom is -0.445 e. The number of aliphatic hydroxyl groups is 2. The molecule has 50 heavy (non-hydrogen) atoms. The van der Waals surface area contributed by atoms with Crippen LogP contribution in [0.3, 0.4) is 0 Å². The van der Waals surface area contributed by atoms with Gasteiger partial charge >= 0.3 is 12.1 Å². The lowest BCUT2D eigenvalue weighted by atomic mass is 9.85. The van der Waals surface area contributed by atoms with E-state index < -0.39 is 63.9 Å². The van der Waals surface area contributed by atoms with Crippen molar-refractivity contribution in [1.82, 2.24) is 31.1 Å². The maximum absolute atomic E-state index is 13.7. The van der Waals surface area contributed by atoms with Gasteiger partial charge in [0.2, 0.25) is 15.5 Å². The Balaban J connectivity index is 1.23. The van der Waals surface area contributed by atoms with E-state index in [1.54, 1.807) is 42.5 Å². The Kier molecular flexibility index (Phi) is 8.54. The third-order valence-electron chi connectivity index (χ3n) is 9.66. The van der Waals surface area contributed by atoms with Crippen molar-refractivity contribution in [2.24, 2.45) is 4.99 Å². The van der Waals surface area contributed by atoms with Crippen LogP contribution in [0.2, 0.25) is 0 Å². The molecular formula is C32H33Cl3N8O7. The molecule has 4 atom stereocenters. The van der Waals surface area contributed by atoms with Gasteiger partial charge in [-0.25, -0.2) is 14.6 Å². The number of fused-ring (bicyclic) bond motifs is 1. The SMILES string of the molecule is C=C1NC2[C@H](CN3C(=O)CN(c4ccccc4)C3=O)N=C(NC(=O)OCC(Cl)(Cl)Cl)N3CC(NC(=O)c4cccc5c4CCC5)C(O)(O)C23N1. The van der Waals surface area contributed by atoms with Crippen LogP contribution in [-0.4, -0.2) is 110 Å². The normalized spacial score (nSPS) is 26.5. The number of amides is 5. The molecule has 3 unspecified atom stereocenters. The lowest BCUT2D eigenvalue weighted by Crippen LogP contribution is -2.78. The summed E-state index contributed by atoms with van der Waals surface area (Å²) in [5.41, 5.74) is 0.947. The van der Waals surface area contributed by atoms with E-state index in [1.807, 2.05) is 6.07 Å². The van der Waals surface area contributed by atoms with Crippen LogP contribution in [0.5, 0.6) is 0 Å². The molecule has 0 saturated carbocycles. The number of imide groups is 1. The zero-order valence-electron chi connectivity index (χ0n) is 26.4. The highest BCUT2D eigenvalue weighted by atomic mass is 35.6. The summed E-state index contributed by atoms with van der Waals surface area (Å²) in [6.45, 7) is 2.49. The Morgan fingerprint density at radius 3 is 2.60 bits per heavy atom. The molecule has 18 heteroatoms. The number of guanidine groups is 1. The minimum absolute atomic E-state index is 0.158. The molecule has 3 saturated heterocycles. The molecule has 7 rings (SSSR count). The molecule has 0 radical (unpaired) electrons. The zero-order chi connectivity index (χ0) is 35.6. The van der Waals surface area contributed by atoms with E-state index in [9.17, 15) is 29.4 Å². The van der Waals surface area contributed by atoms with Crippen LogP contribution in [0, 0.1) is 0 Å². The molecule has 5 aliphatic rings. The molecule has 2 aromatic rings. The highest BCUT2D eigenvalue weighted by molar-refractivity contribution is 6.67. The number of alkyl halides is 3. The van der Waals surface area contributed by atoms with E-state index in [-0.39, 0.29) is 31.4 Å². The number of aryl methyl sites for hydroxylation is 1. The van der Waals surface area contributed by atoms with E-state index in [2.05, 4.69) is 32.8 Å². The standard InChI is InChI=1S/C32H33Cl3N8O7/c1-17-36-25-22(13-42-24(44)15-41(29(42)47)19-9-3-2-4-10-19)37-27(39-28(46)50-16-30(33,34)35)43-14-23(32(48,49)31(25,43)40-17)38-26(45)21-12-6-8-18-7-5-11-20(18)21/h2-4,6,8-10,12,22-23,25,36,40,48-49H,1,5,7,11,13-16H2,(H,38,45)(H,37,39,46)/t22-,23?,25?,31?/m0/s1. The molecular weight excluding hydrogens is 715 g/mol. The fourth-order valence-corrected chi connectivity index (χ4v) is 7.66. The first kappa shape index (κ1) is 34.2. The summed E-state index contributed by atoms with van der Waals surface area (Å²) in [7, 11) is 0. The van der Waals surface area contributed by atoms with E-state index in [0.717, 1.165) is 28.9 Å². The Labute approximate surface area is 301 Å². The first-order chi connectivity index (χ1) is 23.7. The predicted octanol–water partition coefficient (Wildman–Crippen LogP) is 1.30. The van der Waals surface area contributed by atoms with Gasteiger partial charge in [0, 0.05) is 17.8 Å². The highest BCUT2D eigenvalue weighted by Crippen LogP contribution is 2.45. The third-order valence-corrected chi connectivity index (χ3v) is 9.99. The first-order valence-corrected chi connectivity index (χ1v) is 17.0. The number of hydrogen-bond acceptors (Lipinski definition) is 11. The van der Waals surface area contributed by atoms with Gasteiger partial charge in [-0.2, -0.15) is 0 Å². The average molecular weight is 748 g/mol. The third kappa shape index (κ3) is 5.76. The lowest BCUT2D eigenvalue weighted by molar-refractivity contribution is -0.231. The van der Waals surface area contributed by atoms with Crippen LogP contribution in [0.1, 0.15) is 27.9 Å². The Bertz CT molecular complexity index is 1810. The largest absolute Gasteiger partial charge is 0.445 e. The van der Waals surface area contributed by atoms with Crippen LogP contribution in [0.4, 0.5) is 15.3 Å². The fraction of sp³-hybridized carbons (Fsp3) is 0.406. The number of urea groups is 1. The minimum atomic E-state index is -2.77. The second-order valence-corrected chi connectivity index (χ2v) is 15.2. The smallest absolute Gasteiger partial charge is 0.414 e. The van der Waals surface area contributed by atoms with Gasteiger partial charge in [-0.3, -0.25) is 24.7 Å². The van der Waals surface area contributed by atoms with Gasteiger partial charge in [0.1, 0.15) is 19.2 Å². The van der Waals surface area contributed by atoms with Gasteiger partial charge in [-0.15, -0.1) is 0 Å². The summed E-state index contributed by atoms with van der Waals surface area (Å²) in [6.07, 6.45) is 1.36. The number of carbonyl (C=O) groups excluding carboxylic acids is 4. The molecule has 0 bridgehead atoms. The summed E-state index contributed by atoms with van der Waals surface area (Å²) >= 11 is 17.3. The number of alkyl carbamates (subject to hydrolysis) is 1. The van der Waals surface area contributed by atoms with E-state index in [1.165, 1.54) is 9.80 Å². The molecule has 15 nitrogen and oxygen atoms in total. The summed E-state index contributed by atoms with van der Waals surface area (Å²) in [6, 6.07) is 9.94. The van der Waals surface area contributed by atoms with Crippen molar-refractivity contribution >= 4 is 70.4 Å². The Morgan fingerprint density at radius 1 is 1.10 bits per heavy atom. The van der Waals surface area contributed by atoms with Crippen LogP contribution in [0.15, 0.2) is 65.9 Å². The van der Waals surface area contributed by atoms with E-state index >= 15 is 0 Å². The van der Waals surface area contributed by atoms with Crippen molar-refractivity contribution in [3.8, 4) is 0 Å². The van der Waals surface area contributed by atoms with Gasteiger partial charge < -0.3 is 35.8 Å². The van der Waals surface area contributed by atoms with Gasteiger partial charge in [0.05, 0.1) is 24.4 Å². The molecule has 0 aromatic heterocycles. The molecule has 6 N–H and O–H groups in total. The summed E-state index contributed by atoms with van der Waals surface area (Å²) in [5.74, 6) is -3.87. The second-order valence-electron chi connectivity index (χ2n) is 12.7. The second kappa shape index (κ2) is 12.5. The molecule has 1 spiro atoms. The monoisotopic (exact) mass is 746 g/mol. The predicted molar refractivity (Wildman–Crippen MR) is 182 cm³/mol. The van der Waals surface area contributed by atoms with Crippen molar-refractivity contribution in [2.45, 2.75) is 52.6 Å². The number of nitrogens with one attached hydrogen (secondary N) is 4. The van der Waals surface area contributed by atoms with Gasteiger partial charge in [-0.05, 0) is 48.6 Å². The van der Waals surface area contributed by atoms with E-state index in [4.69, 9.17) is 39.5 Å². The topological polar surface area (TPSA) is 188 Å². The number of anilines is 1. The molecule has 5 amide bonds. The lowest BCUT2D eigenvalue weighted by Gasteiger charge is -2.49. The summed E-state index contributed by atoms with van der Waals surface area (Å²) < 4.78 is 3.14. The highest BCUT2D eigenvalue weighted by Gasteiger charge is 2.74. The number of aliphatic imine (C=N–C) groups is 1. The molecule has 3 fully saturated rings. The number of para-hydroxylation sites is 1. The van der Waals surface area contributed by atoms with Crippen molar-refractivity contribution in [3.63, 3.8) is 0 Å². The van der Waals surface area contributed by atoms with Gasteiger partial charge in [0.15, 0.2) is 5.66 Å². The van der Waals surface area contributed by atoms with E-state index in [0.29, 0.717) is 17.7 Å². The molecule has 2 aromatic carbocycles. The van der Waals surface area contributed by atoms with Crippen LogP contribution < -0.4 is 26.2 Å². The van der Waals surface area contributed by atoms with Crippen LogP contribution >= 0.6 is 34.8 Å². The zero-order valence-corrected chi connectivity index (χ0v) is 28.6. The number of nitrogens with zero attached hydrogens (tertiary/aromatic N) is 4. The number of hydrogen-bond donors (Lipinski definition) is 6. The Hall–Kier alpha value is -4.28. The van der Waals surface area contributed by atoms with Crippen molar-refractivity contribution in [2.75, 3.05) is 31.1 Å². The Morgan fingerprint density at radius 2 is 1.86 bits per heavy atom. The van der Waals surface area contributed by atoms with Crippen LogP contribution in [-0.2, 0) is 22.4 Å². The molecule has 264 valence electrons. The fourth-order valence-electron chi connectivity index (χ4n) is 7.49. The molecule has 1 aliphatic carbocycles. The number of ether oxygens (including phenoxy) is 1. The maximum Gasteiger partial charge on any atom is 0.414 e. The number of carbonyl (C=O) groups is 4. The van der Waals surface area contributed by atoms with Gasteiger partial charge in [0.25, 0.3) is 11.8 Å². The quantitative estimate of drug-likeness (QED) is 0.143. The van der Waals surface area contributed by atoms with Crippen molar-refractivity contribution in [1.29, 1.82) is 0 Å². The van der Waals surface area contributed by atoms with Crippen molar-refractivity contribution in [3.05, 3.63) is 77.6 Å². The first-order valence-electron chi connectivity index (χ1n) is 15.8. The van der Waals surface area contributed by atoms with Crippen molar-refractivity contribution < 1.29 is 34.1 Å². The number of benzene rings is 2. The summed E-state index contributed by atoms with van der Waals surface area (Å²) in [5, 5.41) is 35.6. The number of halogens is 3. The average Bonchev–Trinajstić information content (AvgIpc) is 3.81. The maximum atomic E-state index is 13.7. The number of rotatable bonds is 6. The summed E-state index contributed by atoms with van der Waals surface area (Å²) in [4.78, 5) is 61.9. The van der Waals surface area contributed by atoms with Gasteiger partial charge in [-0.1, -0.05) is 71.7 Å². The van der Waals surface area contributed by atoms with Crippen LogP contribution in [0.25, 0.3) is 0 Å². The molecule has 4 aliphatic heterocycles. The molecule has 4 heterocycles.